The Morgan fingerprint density at radius 3 is 2.70 bits per heavy atom. The Morgan fingerprint density at radius 1 is 1.30 bits per heavy atom. The summed E-state index contributed by atoms with van der Waals surface area (Å²) in [5.74, 6) is -0.198. The Labute approximate surface area is 118 Å². The average molecular weight is 315 g/mol. The van der Waals surface area contributed by atoms with E-state index in [-0.39, 0.29) is 28.3 Å². The quantitative estimate of drug-likeness (QED) is 0.839. The van der Waals surface area contributed by atoms with Gasteiger partial charge in [-0.1, -0.05) is 17.7 Å². The van der Waals surface area contributed by atoms with Gasteiger partial charge in [-0.15, -0.1) is 0 Å². The summed E-state index contributed by atoms with van der Waals surface area (Å²) in [6.45, 7) is 0. The first-order valence-corrected chi connectivity index (χ1v) is 8.22. The van der Waals surface area contributed by atoms with Gasteiger partial charge < -0.3 is 4.98 Å². The van der Waals surface area contributed by atoms with Gasteiger partial charge in [0, 0.05) is 0 Å². The molecule has 1 aliphatic heterocycles. The van der Waals surface area contributed by atoms with Gasteiger partial charge in [-0.25, -0.2) is 13.2 Å². The van der Waals surface area contributed by atoms with E-state index in [1.165, 1.54) is 0 Å². The fourth-order valence-corrected chi connectivity index (χ4v) is 4.50. The predicted octanol–water partition coefficient (Wildman–Crippen LogP) is 0.703. The van der Waals surface area contributed by atoms with Crippen LogP contribution < -0.4 is 11.2 Å². The molecular weight excluding hydrogens is 304 g/mol. The number of fused-ring (bicyclic) bond motifs is 1. The van der Waals surface area contributed by atoms with Gasteiger partial charge in [-0.3, -0.25) is 9.36 Å². The second-order valence-corrected chi connectivity index (χ2v) is 7.46. The lowest BCUT2D eigenvalue weighted by molar-refractivity contribution is 0.517. The lowest BCUT2D eigenvalue weighted by Crippen LogP contribution is -2.38. The van der Waals surface area contributed by atoms with E-state index < -0.39 is 27.1 Å². The number of rotatable bonds is 1. The summed E-state index contributed by atoms with van der Waals surface area (Å²) >= 11 is 6.00. The fraction of sp³-hybridized carbons (Fsp3) is 0.333. The molecule has 1 saturated heterocycles. The normalized spacial score (nSPS) is 21.4. The molecule has 1 unspecified atom stereocenters. The number of hydrogen-bond acceptors (Lipinski definition) is 4. The highest BCUT2D eigenvalue weighted by atomic mass is 35.5. The number of aromatic nitrogens is 2. The molecule has 20 heavy (non-hydrogen) atoms. The van der Waals surface area contributed by atoms with E-state index in [1.807, 2.05) is 0 Å². The van der Waals surface area contributed by atoms with E-state index in [1.54, 1.807) is 18.2 Å². The van der Waals surface area contributed by atoms with Crippen molar-refractivity contribution in [2.24, 2.45) is 0 Å². The van der Waals surface area contributed by atoms with E-state index in [0.717, 1.165) is 4.57 Å². The molecule has 106 valence electrons. The minimum Gasteiger partial charge on any atom is -0.307 e. The number of sulfone groups is 1. The third-order valence-corrected chi connectivity index (χ3v) is 5.55. The zero-order valence-corrected chi connectivity index (χ0v) is 11.9. The van der Waals surface area contributed by atoms with Crippen LogP contribution in [0.5, 0.6) is 0 Å². The lowest BCUT2D eigenvalue weighted by Gasteiger charge is -2.12. The van der Waals surface area contributed by atoms with E-state index in [9.17, 15) is 18.0 Å². The highest BCUT2D eigenvalue weighted by molar-refractivity contribution is 7.91. The Kier molecular flexibility index (Phi) is 2.98. The molecule has 0 bridgehead atoms. The third kappa shape index (κ3) is 2.06. The summed E-state index contributed by atoms with van der Waals surface area (Å²) in [5.41, 5.74) is -0.798. The van der Waals surface area contributed by atoms with Gasteiger partial charge in [0.25, 0.3) is 5.56 Å². The van der Waals surface area contributed by atoms with E-state index in [4.69, 9.17) is 11.6 Å². The zero-order chi connectivity index (χ0) is 14.5. The molecule has 1 fully saturated rings. The van der Waals surface area contributed by atoms with Crippen molar-refractivity contribution in [1.29, 1.82) is 0 Å². The van der Waals surface area contributed by atoms with Gasteiger partial charge >= 0.3 is 5.69 Å². The molecule has 1 N–H and O–H groups in total. The van der Waals surface area contributed by atoms with Gasteiger partial charge in [0.2, 0.25) is 0 Å². The maximum absolute atomic E-state index is 12.4. The smallest absolute Gasteiger partial charge is 0.307 e. The van der Waals surface area contributed by atoms with Crippen LogP contribution in [0.25, 0.3) is 10.9 Å². The van der Waals surface area contributed by atoms with Gasteiger partial charge in [0.15, 0.2) is 9.84 Å². The van der Waals surface area contributed by atoms with Crippen LogP contribution in [0.1, 0.15) is 12.5 Å². The molecule has 1 aromatic carbocycles. The maximum Gasteiger partial charge on any atom is 0.329 e. The molecule has 2 aromatic rings. The second-order valence-electron chi connectivity index (χ2n) is 4.82. The molecule has 1 atom stereocenters. The van der Waals surface area contributed by atoms with Crippen LogP contribution in [0.3, 0.4) is 0 Å². The number of halogens is 1. The van der Waals surface area contributed by atoms with Crippen LogP contribution in [0.2, 0.25) is 5.02 Å². The van der Waals surface area contributed by atoms with Crippen LogP contribution in [-0.4, -0.2) is 29.5 Å². The summed E-state index contributed by atoms with van der Waals surface area (Å²) in [5, 5.41) is 0.441. The summed E-state index contributed by atoms with van der Waals surface area (Å²) in [6.07, 6.45) is 0.265. The number of aromatic amines is 1. The molecule has 3 rings (SSSR count). The molecule has 1 aromatic heterocycles. The van der Waals surface area contributed by atoms with Crippen molar-refractivity contribution < 1.29 is 8.42 Å². The molecule has 8 heteroatoms. The fourth-order valence-electron chi connectivity index (χ4n) is 2.54. The molecule has 2 heterocycles. The summed E-state index contributed by atoms with van der Waals surface area (Å²) in [7, 11) is -3.19. The highest BCUT2D eigenvalue weighted by Crippen LogP contribution is 2.22. The van der Waals surface area contributed by atoms with Gasteiger partial charge in [0.1, 0.15) is 0 Å². The second kappa shape index (κ2) is 4.46. The third-order valence-electron chi connectivity index (χ3n) is 3.48. The molecule has 0 amide bonds. The summed E-state index contributed by atoms with van der Waals surface area (Å²) in [6, 6.07) is 4.14. The average Bonchev–Trinajstić information content (AvgIpc) is 2.69. The molecule has 6 nitrogen and oxygen atoms in total. The van der Waals surface area contributed by atoms with Crippen molar-refractivity contribution in [3.05, 3.63) is 44.1 Å². The monoisotopic (exact) mass is 314 g/mol. The van der Waals surface area contributed by atoms with Crippen LogP contribution >= 0.6 is 11.6 Å². The Bertz CT molecular complexity index is 913. The molecule has 0 radical (unpaired) electrons. The molecule has 0 aliphatic carbocycles. The number of H-pyrrole nitrogens is 1. The number of benzene rings is 1. The number of hydrogen-bond donors (Lipinski definition) is 1. The number of nitrogens with zero attached hydrogens (tertiary/aromatic N) is 1. The zero-order valence-electron chi connectivity index (χ0n) is 10.3. The highest BCUT2D eigenvalue weighted by Gasteiger charge is 2.31. The minimum absolute atomic E-state index is 0.00982. The Morgan fingerprint density at radius 2 is 2.05 bits per heavy atom. The summed E-state index contributed by atoms with van der Waals surface area (Å²) < 4.78 is 24.0. The van der Waals surface area contributed by atoms with Gasteiger partial charge in [-0.05, 0) is 18.6 Å². The van der Waals surface area contributed by atoms with Gasteiger partial charge in [0.05, 0.1) is 33.5 Å². The number of nitrogens with one attached hydrogen (secondary N) is 1. The predicted molar refractivity (Wildman–Crippen MR) is 76.1 cm³/mol. The van der Waals surface area contributed by atoms with Crippen LogP contribution in [0, 0.1) is 0 Å². The van der Waals surface area contributed by atoms with Crippen molar-refractivity contribution in [2.75, 3.05) is 11.5 Å². The van der Waals surface area contributed by atoms with Crippen molar-refractivity contribution in [3.63, 3.8) is 0 Å². The maximum atomic E-state index is 12.4. The van der Waals surface area contributed by atoms with Crippen molar-refractivity contribution in [3.8, 4) is 0 Å². The Balaban J connectivity index is 2.30. The lowest BCUT2D eigenvalue weighted by atomic mass is 10.2. The summed E-state index contributed by atoms with van der Waals surface area (Å²) in [4.78, 5) is 27.0. The molecular formula is C12H11ClN2O4S. The first kappa shape index (κ1) is 13.4. The van der Waals surface area contributed by atoms with Crippen molar-refractivity contribution in [2.45, 2.75) is 12.5 Å². The van der Waals surface area contributed by atoms with E-state index >= 15 is 0 Å². The Hall–Kier alpha value is -1.60. The van der Waals surface area contributed by atoms with Crippen LogP contribution in [-0.2, 0) is 9.84 Å². The largest absolute Gasteiger partial charge is 0.329 e. The van der Waals surface area contributed by atoms with E-state index in [2.05, 4.69) is 4.98 Å². The van der Waals surface area contributed by atoms with Gasteiger partial charge in [-0.2, -0.15) is 0 Å². The minimum atomic E-state index is -3.19. The standard InChI is InChI=1S/C12H11ClN2O4S/c13-8-2-1-3-9-10(8)11(16)15(12(17)14-9)7-4-5-20(18,19)6-7/h1-3,7H,4-6H2,(H,14,17). The van der Waals surface area contributed by atoms with Crippen molar-refractivity contribution in [1.82, 2.24) is 9.55 Å². The topological polar surface area (TPSA) is 89.0 Å². The first-order chi connectivity index (χ1) is 9.39. The van der Waals surface area contributed by atoms with E-state index in [0.29, 0.717) is 5.52 Å². The SMILES string of the molecule is O=c1[nH]c2cccc(Cl)c2c(=O)n1C1CCS(=O)(=O)C1. The van der Waals surface area contributed by atoms with Crippen LogP contribution in [0.15, 0.2) is 27.8 Å². The first-order valence-electron chi connectivity index (χ1n) is 6.02. The molecule has 1 aliphatic rings. The van der Waals surface area contributed by atoms with Crippen molar-refractivity contribution >= 4 is 32.3 Å². The van der Waals surface area contributed by atoms with Crippen LogP contribution in [0.4, 0.5) is 0 Å². The molecule has 0 spiro atoms. The molecule has 0 saturated carbocycles.